The lowest BCUT2D eigenvalue weighted by Gasteiger charge is -2.34. The molecular weight excluding hydrogens is 388 g/mol. The van der Waals surface area contributed by atoms with Crippen LogP contribution in [0.5, 0.6) is 0 Å². The minimum atomic E-state index is -0.484. The number of hydrogen-bond acceptors (Lipinski definition) is 4. The first-order valence-electron chi connectivity index (χ1n) is 8.60. The van der Waals surface area contributed by atoms with Gasteiger partial charge in [0.2, 0.25) is 0 Å². The highest BCUT2D eigenvalue weighted by molar-refractivity contribution is 6.36. The summed E-state index contributed by atoms with van der Waals surface area (Å²) in [7, 11) is 0. The first kappa shape index (κ1) is 19.8. The lowest BCUT2D eigenvalue weighted by molar-refractivity contribution is 0.301. The molecule has 0 bridgehead atoms. The van der Waals surface area contributed by atoms with E-state index in [4.69, 9.17) is 23.2 Å². The maximum absolute atomic E-state index is 14.7. The van der Waals surface area contributed by atoms with Crippen molar-refractivity contribution < 1.29 is 4.39 Å². The number of anilines is 1. The van der Waals surface area contributed by atoms with Gasteiger partial charge in [0.25, 0.3) is 5.78 Å². The molecule has 0 aliphatic rings. The van der Waals surface area contributed by atoms with Crippen LogP contribution in [0.2, 0.25) is 10.2 Å². The Labute approximate surface area is 167 Å². The van der Waals surface area contributed by atoms with Gasteiger partial charge in [-0.3, -0.25) is 0 Å². The van der Waals surface area contributed by atoms with E-state index in [2.05, 4.69) is 55.0 Å². The van der Waals surface area contributed by atoms with Crippen LogP contribution < -0.4 is 5.32 Å². The molecule has 1 N–H and O–H groups in total. The summed E-state index contributed by atoms with van der Waals surface area (Å²) in [6, 6.07) is 4.51. The Morgan fingerprint density at radius 3 is 2.44 bits per heavy atom. The van der Waals surface area contributed by atoms with Crippen LogP contribution in [0.15, 0.2) is 24.5 Å². The standard InChI is InChI=1S/C19H22Cl2FN5/c1-18(2,3)9-19(4,5)26-16-14(13-11(20)7-6-8-12(13)22)15(21)25-17-23-10-24-27(16)17/h6-8,10,26H,9H2,1-5H3. The molecule has 0 radical (unpaired) electrons. The Hall–Kier alpha value is -1.92. The largest absolute Gasteiger partial charge is 0.364 e. The van der Waals surface area contributed by atoms with Crippen molar-refractivity contribution in [2.45, 2.75) is 46.6 Å². The van der Waals surface area contributed by atoms with Gasteiger partial charge in [-0.25, -0.2) is 4.39 Å². The molecule has 0 aliphatic heterocycles. The van der Waals surface area contributed by atoms with Crippen LogP contribution in [0.25, 0.3) is 16.9 Å². The zero-order chi connectivity index (χ0) is 20.0. The quantitative estimate of drug-likeness (QED) is 0.547. The van der Waals surface area contributed by atoms with E-state index < -0.39 is 5.82 Å². The van der Waals surface area contributed by atoms with Crippen LogP contribution in [0.4, 0.5) is 10.2 Å². The van der Waals surface area contributed by atoms with Crippen LogP contribution >= 0.6 is 23.2 Å². The van der Waals surface area contributed by atoms with Gasteiger partial charge < -0.3 is 5.32 Å². The van der Waals surface area contributed by atoms with Gasteiger partial charge in [-0.15, -0.1) is 0 Å². The van der Waals surface area contributed by atoms with Gasteiger partial charge >= 0.3 is 0 Å². The molecule has 0 saturated carbocycles. The second-order valence-corrected chi connectivity index (χ2v) is 9.21. The molecular formula is C19H22Cl2FN5. The third-order valence-electron chi connectivity index (χ3n) is 4.02. The first-order chi connectivity index (χ1) is 12.5. The zero-order valence-electron chi connectivity index (χ0n) is 15.9. The number of hydrogen-bond donors (Lipinski definition) is 1. The van der Waals surface area contributed by atoms with Gasteiger partial charge in [0.15, 0.2) is 0 Å². The van der Waals surface area contributed by atoms with Crippen molar-refractivity contribution in [2.24, 2.45) is 5.41 Å². The van der Waals surface area contributed by atoms with Crippen molar-refractivity contribution in [1.82, 2.24) is 19.6 Å². The molecule has 1 aromatic carbocycles. The number of nitrogens with zero attached hydrogens (tertiary/aromatic N) is 4. The smallest absolute Gasteiger partial charge is 0.255 e. The predicted octanol–water partition coefficient (Wildman–Crippen LogP) is 5.86. The molecule has 0 spiro atoms. The van der Waals surface area contributed by atoms with Gasteiger partial charge in [-0.2, -0.15) is 19.6 Å². The predicted molar refractivity (Wildman–Crippen MR) is 108 cm³/mol. The Morgan fingerprint density at radius 1 is 1.11 bits per heavy atom. The fraction of sp³-hybridized carbons (Fsp3) is 0.421. The van der Waals surface area contributed by atoms with Crippen molar-refractivity contribution in [3.63, 3.8) is 0 Å². The lowest BCUT2D eigenvalue weighted by atomic mass is 9.81. The van der Waals surface area contributed by atoms with Crippen LogP contribution in [-0.2, 0) is 0 Å². The molecule has 3 rings (SSSR count). The van der Waals surface area contributed by atoms with Gasteiger partial charge in [-0.1, -0.05) is 50.0 Å². The topological polar surface area (TPSA) is 55.1 Å². The van der Waals surface area contributed by atoms with Crippen molar-refractivity contribution in [3.8, 4) is 11.1 Å². The highest BCUT2D eigenvalue weighted by Gasteiger charge is 2.30. The number of aromatic nitrogens is 4. The molecule has 0 fully saturated rings. The van der Waals surface area contributed by atoms with Crippen molar-refractivity contribution in [1.29, 1.82) is 0 Å². The van der Waals surface area contributed by atoms with E-state index >= 15 is 0 Å². The third kappa shape index (κ3) is 4.17. The summed E-state index contributed by atoms with van der Waals surface area (Å²) in [4.78, 5) is 8.36. The molecule has 2 aromatic heterocycles. The maximum Gasteiger partial charge on any atom is 0.255 e. The molecule has 144 valence electrons. The monoisotopic (exact) mass is 409 g/mol. The fourth-order valence-electron chi connectivity index (χ4n) is 3.58. The van der Waals surface area contributed by atoms with Crippen molar-refractivity contribution >= 4 is 34.8 Å². The molecule has 0 amide bonds. The van der Waals surface area contributed by atoms with E-state index in [1.165, 1.54) is 16.9 Å². The van der Waals surface area contributed by atoms with Crippen LogP contribution in [-0.4, -0.2) is 25.1 Å². The molecule has 8 heteroatoms. The van der Waals surface area contributed by atoms with E-state index in [1.807, 2.05) is 0 Å². The van der Waals surface area contributed by atoms with Crippen LogP contribution in [0.3, 0.4) is 0 Å². The van der Waals surface area contributed by atoms with E-state index in [0.29, 0.717) is 17.2 Å². The van der Waals surface area contributed by atoms with E-state index in [9.17, 15) is 4.39 Å². The van der Waals surface area contributed by atoms with E-state index in [-0.39, 0.29) is 26.7 Å². The van der Waals surface area contributed by atoms with Gasteiger partial charge in [0.1, 0.15) is 23.1 Å². The minimum Gasteiger partial charge on any atom is -0.364 e. The van der Waals surface area contributed by atoms with Gasteiger partial charge in [0, 0.05) is 11.1 Å². The lowest BCUT2D eigenvalue weighted by Crippen LogP contribution is -2.36. The zero-order valence-corrected chi connectivity index (χ0v) is 17.5. The SMILES string of the molecule is CC(C)(C)CC(C)(C)Nc1c(-c2c(F)cccc2Cl)c(Cl)nc2ncnn12. The minimum absolute atomic E-state index is 0.0740. The first-order valence-corrected chi connectivity index (χ1v) is 9.36. The van der Waals surface area contributed by atoms with Gasteiger partial charge in [-0.05, 0) is 37.8 Å². The molecule has 0 unspecified atom stereocenters. The summed E-state index contributed by atoms with van der Waals surface area (Å²) in [5, 5.41) is 8.07. The van der Waals surface area contributed by atoms with E-state index in [0.717, 1.165) is 6.42 Å². The van der Waals surface area contributed by atoms with Crippen molar-refractivity contribution in [3.05, 3.63) is 40.5 Å². The molecule has 27 heavy (non-hydrogen) atoms. The van der Waals surface area contributed by atoms with E-state index in [1.54, 1.807) is 12.1 Å². The Balaban J connectivity index is 2.26. The Bertz CT molecular complexity index is 971. The number of fused-ring (bicyclic) bond motifs is 1. The number of nitrogens with one attached hydrogen (secondary N) is 1. The molecule has 3 aromatic rings. The molecule has 0 atom stereocenters. The molecule has 0 aliphatic carbocycles. The van der Waals surface area contributed by atoms with Crippen molar-refractivity contribution in [2.75, 3.05) is 5.32 Å². The molecule has 0 saturated heterocycles. The Kier molecular flexibility index (Phi) is 5.08. The van der Waals surface area contributed by atoms with Crippen LogP contribution in [0, 0.1) is 11.2 Å². The van der Waals surface area contributed by atoms with Crippen LogP contribution in [0.1, 0.15) is 41.0 Å². The summed E-state index contributed by atoms with van der Waals surface area (Å²) in [6.45, 7) is 10.6. The number of halogens is 3. The second kappa shape index (κ2) is 6.91. The molecule has 5 nitrogen and oxygen atoms in total. The summed E-state index contributed by atoms with van der Waals surface area (Å²) >= 11 is 12.8. The average Bonchev–Trinajstić information content (AvgIpc) is 2.94. The maximum atomic E-state index is 14.7. The highest BCUT2D eigenvalue weighted by atomic mass is 35.5. The summed E-state index contributed by atoms with van der Waals surface area (Å²) < 4.78 is 16.2. The summed E-state index contributed by atoms with van der Waals surface area (Å²) in [5.74, 6) is 0.344. The summed E-state index contributed by atoms with van der Waals surface area (Å²) in [5.41, 5.74) is 0.279. The number of benzene rings is 1. The Morgan fingerprint density at radius 2 is 1.81 bits per heavy atom. The second-order valence-electron chi connectivity index (χ2n) is 8.44. The summed E-state index contributed by atoms with van der Waals surface area (Å²) in [6.07, 6.45) is 2.23. The van der Waals surface area contributed by atoms with Gasteiger partial charge in [0.05, 0.1) is 10.6 Å². The third-order valence-corrected chi connectivity index (χ3v) is 4.61. The normalized spacial score (nSPS) is 12.6. The number of rotatable bonds is 4. The highest BCUT2D eigenvalue weighted by Crippen LogP contribution is 2.41. The fourth-order valence-corrected chi connectivity index (χ4v) is 4.10. The average molecular weight is 410 g/mol. The molecule has 2 heterocycles.